The summed E-state index contributed by atoms with van der Waals surface area (Å²) in [5.74, 6) is 1.30. The van der Waals surface area contributed by atoms with E-state index in [1.807, 2.05) is 13.8 Å². The SMILES string of the molecule is COc1ccccc1NS(=O)(=O)c1cc(C(C)C)c(OC)cc1C. The molecule has 2 aromatic carbocycles. The molecule has 130 valence electrons. The van der Waals surface area contributed by atoms with Crippen LogP contribution in [-0.2, 0) is 10.0 Å². The van der Waals surface area contributed by atoms with E-state index < -0.39 is 10.0 Å². The molecule has 24 heavy (non-hydrogen) atoms. The number of sulfonamides is 1. The van der Waals surface area contributed by atoms with E-state index in [0.717, 1.165) is 5.56 Å². The molecule has 0 spiro atoms. The fourth-order valence-electron chi connectivity index (χ4n) is 2.52. The number of hydrogen-bond donors (Lipinski definition) is 1. The summed E-state index contributed by atoms with van der Waals surface area (Å²) < 4.78 is 38.9. The number of nitrogens with one attached hydrogen (secondary N) is 1. The Hall–Kier alpha value is -2.21. The van der Waals surface area contributed by atoms with Gasteiger partial charge in [-0.2, -0.15) is 0 Å². The molecule has 2 rings (SSSR count). The molecule has 0 aliphatic rings. The van der Waals surface area contributed by atoms with Crippen LogP contribution in [0.5, 0.6) is 11.5 Å². The molecule has 0 aliphatic carbocycles. The Kier molecular flexibility index (Phi) is 5.39. The lowest BCUT2D eigenvalue weighted by atomic mass is 10.0. The first kappa shape index (κ1) is 18.1. The zero-order valence-electron chi connectivity index (χ0n) is 14.6. The van der Waals surface area contributed by atoms with Crippen LogP contribution in [0.4, 0.5) is 5.69 Å². The Morgan fingerprint density at radius 2 is 1.62 bits per heavy atom. The van der Waals surface area contributed by atoms with E-state index in [-0.39, 0.29) is 10.8 Å². The van der Waals surface area contributed by atoms with Crippen molar-refractivity contribution in [3.8, 4) is 11.5 Å². The lowest BCUT2D eigenvalue weighted by molar-refractivity contribution is 0.406. The molecule has 0 radical (unpaired) electrons. The van der Waals surface area contributed by atoms with Crippen LogP contribution in [0.3, 0.4) is 0 Å². The van der Waals surface area contributed by atoms with Crippen molar-refractivity contribution in [2.45, 2.75) is 31.6 Å². The zero-order valence-corrected chi connectivity index (χ0v) is 15.4. The van der Waals surface area contributed by atoms with E-state index in [1.54, 1.807) is 50.4 Å². The van der Waals surface area contributed by atoms with Crippen molar-refractivity contribution in [1.82, 2.24) is 0 Å². The molecule has 0 fully saturated rings. The van der Waals surface area contributed by atoms with Gasteiger partial charge in [-0.15, -0.1) is 0 Å². The van der Waals surface area contributed by atoms with Gasteiger partial charge in [0.15, 0.2) is 0 Å². The van der Waals surface area contributed by atoms with E-state index in [1.165, 1.54) is 7.11 Å². The van der Waals surface area contributed by atoms with Crippen LogP contribution in [0.2, 0.25) is 0 Å². The number of benzene rings is 2. The van der Waals surface area contributed by atoms with Crippen molar-refractivity contribution in [2.24, 2.45) is 0 Å². The van der Waals surface area contributed by atoms with Crippen molar-refractivity contribution in [3.63, 3.8) is 0 Å². The molecule has 0 heterocycles. The first-order valence-electron chi connectivity index (χ1n) is 7.64. The Morgan fingerprint density at radius 1 is 1.00 bits per heavy atom. The van der Waals surface area contributed by atoms with Crippen molar-refractivity contribution >= 4 is 15.7 Å². The van der Waals surface area contributed by atoms with Gasteiger partial charge in [0.1, 0.15) is 11.5 Å². The molecular formula is C18H23NO4S. The number of methoxy groups -OCH3 is 2. The molecule has 0 aromatic heterocycles. The maximum absolute atomic E-state index is 12.9. The van der Waals surface area contributed by atoms with Crippen LogP contribution in [0.1, 0.15) is 30.9 Å². The predicted octanol–water partition coefficient (Wildman–Crippen LogP) is 3.94. The molecule has 0 unspecified atom stereocenters. The van der Waals surface area contributed by atoms with Gasteiger partial charge >= 0.3 is 0 Å². The summed E-state index contributed by atoms with van der Waals surface area (Å²) in [7, 11) is -0.655. The third kappa shape index (κ3) is 3.64. The molecule has 0 atom stereocenters. The van der Waals surface area contributed by atoms with E-state index in [4.69, 9.17) is 9.47 Å². The van der Waals surface area contributed by atoms with E-state index in [9.17, 15) is 8.42 Å². The quantitative estimate of drug-likeness (QED) is 0.858. The summed E-state index contributed by atoms with van der Waals surface area (Å²) in [6.45, 7) is 5.75. The van der Waals surface area contributed by atoms with Gasteiger partial charge in [-0.05, 0) is 48.2 Å². The maximum atomic E-state index is 12.9. The molecule has 0 saturated carbocycles. The highest BCUT2D eigenvalue weighted by molar-refractivity contribution is 7.92. The molecule has 0 saturated heterocycles. The van der Waals surface area contributed by atoms with Crippen LogP contribution in [0.15, 0.2) is 41.3 Å². The lowest BCUT2D eigenvalue weighted by Gasteiger charge is -2.17. The van der Waals surface area contributed by atoms with Gasteiger partial charge in [-0.1, -0.05) is 26.0 Å². The minimum absolute atomic E-state index is 0.140. The Balaban J connectivity index is 2.51. The minimum atomic E-state index is -3.74. The second-order valence-corrected chi connectivity index (χ2v) is 7.47. The molecule has 1 N–H and O–H groups in total. The Labute approximate surface area is 143 Å². The van der Waals surface area contributed by atoms with E-state index >= 15 is 0 Å². The molecule has 0 amide bonds. The van der Waals surface area contributed by atoms with E-state index in [2.05, 4.69) is 4.72 Å². The minimum Gasteiger partial charge on any atom is -0.496 e. The summed E-state index contributed by atoms with van der Waals surface area (Å²) in [5.41, 5.74) is 1.88. The zero-order chi connectivity index (χ0) is 17.9. The lowest BCUT2D eigenvalue weighted by Crippen LogP contribution is -2.15. The molecular weight excluding hydrogens is 326 g/mol. The van der Waals surface area contributed by atoms with Gasteiger partial charge in [-0.3, -0.25) is 4.72 Å². The van der Waals surface area contributed by atoms with Crippen molar-refractivity contribution < 1.29 is 17.9 Å². The van der Waals surface area contributed by atoms with Gasteiger partial charge in [0.25, 0.3) is 10.0 Å². The van der Waals surface area contributed by atoms with Crippen LogP contribution in [-0.4, -0.2) is 22.6 Å². The van der Waals surface area contributed by atoms with Crippen molar-refractivity contribution in [3.05, 3.63) is 47.5 Å². The number of anilines is 1. The van der Waals surface area contributed by atoms with Crippen LogP contribution in [0.25, 0.3) is 0 Å². The smallest absolute Gasteiger partial charge is 0.262 e. The fourth-order valence-corrected chi connectivity index (χ4v) is 3.86. The van der Waals surface area contributed by atoms with Gasteiger partial charge in [-0.25, -0.2) is 8.42 Å². The van der Waals surface area contributed by atoms with Crippen LogP contribution >= 0.6 is 0 Å². The van der Waals surface area contributed by atoms with Gasteiger partial charge in [0, 0.05) is 0 Å². The van der Waals surface area contributed by atoms with E-state index in [0.29, 0.717) is 22.7 Å². The second kappa shape index (κ2) is 7.13. The average molecular weight is 349 g/mol. The largest absolute Gasteiger partial charge is 0.496 e. The normalized spacial score (nSPS) is 11.4. The summed E-state index contributed by atoms with van der Waals surface area (Å²) in [5, 5.41) is 0. The topological polar surface area (TPSA) is 64.6 Å². The number of para-hydroxylation sites is 2. The number of hydrogen-bond acceptors (Lipinski definition) is 4. The van der Waals surface area contributed by atoms with Gasteiger partial charge in [0.05, 0.1) is 24.8 Å². The number of aryl methyl sites for hydroxylation is 1. The summed E-state index contributed by atoms with van der Waals surface area (Å²) in [6.07, 6.45) is 0. The number of ether oxygens (including phenoxy) is 2. The van der Waals surface area contributed by atoms with Crippen LogP contribution < -0.4 is 14.2 Å². The second-order valence-electron chi connectivity index (χ2n) is 5.82. The molecule has 0 bridgehead atoms. The highest BCUT2D eigenvalue weighted by atomic mass is 32.2. The molecule has 5 nitrogen and oxygen atoms in total. The van der Waals surface area contributed by atoms with Crippen LogP contribution in [0, 0.1) is 6.92 Å². The van der Waals surface area contributed by atoms with Crippen molar-refractivity contribution in [1.29, 1.82) is 0 Å². The molecule has 2 aromatic rings. The Bertz CT molecular complexity index is 829. The third-order valence-electron chi connectivity index (χ3n) is 3.79. The highest BCUT2D eigenvalue weighted by Crippen LogP contribution is 2.33. The highest BCUT2D eigenvalue weighted by Gasteiger charge is 2.22. The summed E-state index contributed by atoms with van der Waals surface area (Å²) in [6, 6.07) is 10.3. The first-order valence-corrected chi connectivity index (χ1v) is 9.12. The fraction of sp³-hybridized carbons (Fsp3) is 0.333. The monoisotopic (exact) mass is 349 g/mol. The van der Waals surface area contributed by atoms with Gasteiger partial charge in [0.2, 0.25) is 0 Å². The standard InChI is InChI=1S/C18H23NO4S/c1-12(2)14-11-18(13(3)10-17(14)23-5)24(20,21)19-15-8-6-7-9-16(15)22-4/h6-12,19H,1-5H3. The van der Waals surface area contributed by atoms with Crippen molar-refractivity contribution in [2.75, 3.05) is 18.9 Å². The predicted molar refractivity (Wildman–Crippen MR) is 95.6 cm³/mol. The number of rotatable bonds is 6. The van der Waals surface area contributed by atoms with Gasteiger partial charge < -0.3 is 9.47 Å². The maximum Gasteiger partial charge on any atom is 0.262 e. The molecule has 6 heteroatoms. The summed E-state index contributed by atoms with van der Waals surface area (Å²) in [4.78, 5) is 0.234. The Morgan fingerprint density at radius 3 is 2.21 bits per heavy atom. The molecule has 0 aliphatic heterocycles. The average Bonchev–Trinajstić information content (AvgIpc) is 2.54. The third-order valence-corrected chi connectivity index (χ3v) is 5.30. The first-order chi connectivity index (χ1) is 11.3. The summed E-state index contributed by atoms with van der Waals surface area (Å²) >= 11 is 0.